The zero-order valence-electron chi connectivity index (χ0n) is 24.4. The van der Waals surface area contributed by atoms with Crippen LogP contribution in [0.2, 0.25) is 5.02 Å². The summed E-state index contributed by atoms with van der Waals surface area (Å²) in [4.78, 5) is 51.3. The molecule has 2 aromatic heterocycles. The van der Waals surface area contributed by atoms with Crippen molar-refractivity contribution >= 4 is 63.5 Å². The number of ether oxygens (including phenoxy) is 2. The molecule has 0 spiro atoms. The molecule has 4 aromatic rings. The standard InChI is InChI=1S/C30H30ClN5O6S2/c1-5-41-28(39)24-18(4)25(29(40)42-6-2)44-27(24)33-23(37)16-43-30-35-34-22(36(30)21-12-8-11-20(31)14-21)15-32-26(38)19-10-7-9-17(3)13-19/h7-14H,5-6,15-16H2,1-4H3,(H,32,38)(H,33,37). The molecule has 2 N–H and O–H groups in total. The fraction of sp³-hybridized carbons (Fsp3) is 0.267. The Morgan fingerprint density at radius 3 is 2.41 bits per heavy atom. The highest BCUT2D eigenvalue weighted by Crippen LogP contribution is 2.35. The molecule has 2 aromatic carbocycles. The molecule has 0 radical (unpaired) electrons. The average molecular weight is 656 g/mol. The number of hydrogen-bond donors (Lipinski definition) is 2. The summed E-state index contributed by atoms with van der Waals surface area (Å²) in [7, 11) is 0. The van der Waals surface area contributed by atoms with Crippen LogP contribution in [-0.2, 0) is 20.8 Å². The van der Waals surface area contributed by atoms with E-state index in [0.717, 1.165) is 28.7 Å². The fourth-order valence-electron chi connectivity index (χ4n) is 4.17. The lowest BCUT2D eigenvalue weighted by atomic mass is 10.1. The Labute approximate surface area is 267 Å². The van der Waals surface area contributed by atoms with E-state index < -0.39 is 17.8 Å². The van der Waals surface area contributed by atoms with Crippen molar-refractivity contribution in [3.8, 4) is 5.69 Å². The summed E-state index contributed by atoms with van der Waals surface area (Å²) in [6.07, 6.45) is 0. The number of benzene rings is 2. The first kappa shape index (κ1) is 32.7. The van der Waals surface area contributed by atoms with E-state index in [1.165, 1.54) is 0 Å². The van der Waals surface area contributed by atoms with Crippen LogP contribution in [0.3, 0.4) is 0 Å². The summed E-state index contributed by atoms with van der Waals surface area (Å²) in [5.41, 5.74) is 2.59. The molecule has 14 heteroatoms. The van der Waals surface area contributed by atoms with Crippen molar-refractivity contribution in [1.29, 1.82) is 0 Å². The number of esters is 2. The van der Waals surface area contributed by atoms with Crippen molar-refractivity contribution in [2.24, 2.45) is 0 Å². The van der Waals surface area contributed by atoms with Gasteiger partial charge in [0.2, 0.25) is 5.91 Å². The second kappa shape index (κ2) is 15.0. The molecule has 2 heterocycles. The minimum absolute atomic E-state index is 0.0626. The van der Waals surface area contributed by atoms with Gasteiger partial charge in [0.1, 0.15) is 9.88 Å². The Morgan fingerprint density at radius 2 is 1.70 bits per heavy atom. The van der Waals surface area contributed by atoms with E-state index >= 15 is 0 Å². The molecule has 0 saturated carbocycles. The van der Waals surface area contributed by atoms with Crippen LogP contribution in [0.4, 0.5) is 5.00 Å². The van der Waals surface area contributed by atoms with Crippen LogP contribution in [0.15, 0.2) is 53.7 Å². The van der Waals surface area contributed by atoms with Gasteiger partial charge in [0.25, 0.3) is 5.91 Å². The van der Waals surface area contributed by atoms with E-state index in [2.05, 4.69) is 20.8 Å². The molecule has 0 atom stereocenters. The molecule has 44 heavy (non-hydrogen) atoms. The second-order valence-corrected chi connectivity index (χ2v) is 11.7. The Morgan fingerprint density at radius 1 is 0.977 bits per heavy atom. The molecular weight excluding hydrogens is 626 g/mol. The number of thioether (sulfide) groups is 1. The van der Waals surface area contributed by atoms with Gasteiger partial charge in [-0.05, 0) is 63.6 Å². The van der Waals surface area contributed by atoms with Crippen LogP contribution < -0.4 is 10.6 Å². The molecule has 0 aliphatic carbocycles. The van der Waals surface area contributed by atoms with Crippen molar-refractivity contribution in [3.63, 3.8) is 0 Å². The number of halogens is 1. The first-order valence-electron chi connectivity index (χ1n) is 13.6. The molecule has 230 valence electrons. The van der Waals surface area contributed by atoms with Gasteiger partial charge in [0, 0.05) is 10.6 Å². The quantitative estimate of drug-likeness (QED) is 0.147. The van der Waals surface area contributed by atoms with E-state index in [0.29, 0.717) is 32.8 Å². The molecule has 4 rings (SSSR count). The summed E-state index contributed by atoms with van der Waals surface area (Å²) in [6.45, 7) is 7.20. The van der Waals surface area contributed by atoms with Crippen molar-refractivity contribution < 1.29 is 28.7 Å². The number of aryl methyl sites for hydroxylation is 1. The van der Waals surface area contributed by atoms with E-state index in [1.54, 1.807) is 55.7 Å². The van der Waals surface area contributed by atoms with Crippen LogP contribution >= 0.6 is 34.7 Å². The second-order valence-electron chi connectivity index (χ2n) is 9.30. The Bertz CT molecular complexity index is 1700. The first-order valence-corrected chi connectivity index (χ1v) is 15.8. The molecular formula is C30H30ClN5O6S2. The number of carbonyl (C=O) groups is 4. The van der Waals surface area contributed by atoms with Gasteiger partial charge in [0.15, 0.2) is 11.0 Å². The van der Waals surface area contributed by atoms with Crippen LogP contribution in [-0.4, -0.2) is 57.5 Å². The molecule has 0 saturated heterocycles. The fourth-order valence-corrected chi connectivity index (χ4v) is 6.23. The highest BCUT2D eigenvalue weighted by Gasteiger charge is 2.27. The van der Waals surface area contributed by atoms with E-state index in [-0.39, 0.29) is 46.9 Å². The Kier molecular flexibility index (Phi) is 11.1. The molecule has 0 aliphatic heterocycles. The van der Waals surface area contributed by atoms with Gasteiger partial charge in [-0.1, -0.05) is 47.1 Å². The highest BCUT2D eigenvalue weighted by atomic mass is 35.5. The summed E-state index contributed by atoms with van der Waals surface area (Å²) in [5.74, 6) is -1.65. The largest absolute Gasteiger partial charge is 0.462 e. The molecule has 0 bridgehead atoms. The minimum Gasteiger partial charge on any atom is -0.462 e. The number of nitrogens with zero attached hydrogens (tertiary/aromatic N) is 3. The summed E-state index contributed by atoms with van der Waals surface area (Å²) < 4.78 is 12.0. The van der Waals surface area contributed by atoms with Crippen molar-refractivity contribution in [3.05, 3.63) is 86.5 Å². The van der Waals surface area contributed by atoms with Gasteiger partial charge in [0.05, 0.1) is 36.8 Å². The van der Waals surface area contributed by atoms with Crippen molar-refractivity contribution in [1.82, 2.24) is 20.1 Å². The third kappa shape index (κ3) is 7.84. The number of aromatic nitrogens is 3. The number of hydrogen-bond acceptors (Lipinski definition) is 10. The van der Waals surface area contributed by atoms with E-state index in [1.807, 2.05) is 25.1 Å². The lowest BCUT2D eigenvalue weighted by Crippen LogP contribution is -2.24. The predicted molar refractivity (Wildman–Crippen MR) is 169 cm³/mol. The van der Waals surface area contributed by atoms with Gasteiger partial charge in [-0.2, -0.15) is 0 Å². The number of rotatable bonds is 12. The maximum atomic E-state index is 13.1. The maximum Gasteiger partial charge on any atom is 0.348 e. The zero-order chi connectivity index (χ0) is 31.8. The third-order valence-corrected chi connectivity index (χ3v) is 8.48. The van der Waals surface area contributed by atoms with Gasteiger partial charge in [-0.3, -0.25) is 14.2 Å². The van der Waals surface area contributed by atoms with Crippen molar-refractivity contribution in [2.75, 3.05) is 24.3 Å². The SMILES string of the molecule is CCOC(=O)c1sc(NC(=O)CSc2nnc(CNC(=O)c3cccc(C)c3)n2-c2cccc(Cl)c2)c(C(=O)OCC)c1C. The topological polar surface area (TPSA) is 142 Å². The van der Waals surface area contributed by atoms with Crippen LogP contribution in [0.25, 0.3) is 5.69 Å². The predicted octanol–water partition coefficient (Wildman–Crippen LogP) is 5.61. The summed E-state index contributed by atoms with van der Waals surface area (Å²) in [6, 6.07) is 14.2. The molecule has 11 nitrogen and oxygen atoms in total. The van der Waals surface area contributed by atoms with Gasteiger partial charge in [-0.25, -0.2) is 9.59 Å². The summed E-state index contributed by atoms with van der Waals surface area (Å²) >= 11 is 8.31. The highest BCUT2D eigenvalue weighted by molar-refractivity contribution is 7.99. The van der Waals surface area contributed by atoms with Gasteiger partial charge >= 0.3 is 11.9 Å². The van der Waals surface area contributed by atoms with Crippen LogP contribution in [0.5, 0.6) is 0 Å². The lowest BCUT2D eigenvalue weighted by Gasteiger charge is -2.12. The zero-order valence-corrected chi connectivity index (χ0v) is 26.8. The maximum absolute atomic E-state index is 13.1. The lowest BCUT2D eigenvalue weighted by molar-refractivity contribution is -0.113. The monoisotopic (exact) mass is 655 g/mol. The number of nitrogens with one attached hydrogen (secondary N) is 2. The minimum atomic E-state index is -0.655. The molecule has 0 unspecified atom stereocenters. The van der Waals surface area contributed by atoms with Crippen LogP contribution in [0, 0.1) is 13.8 Å². The van der Waals surface area contributed by atoms with E-state index in [9.17, 15) is 19.2 Å². The van der Waals surface area contributed by atoms with Crippen molar-refractivity contribution in [2.45, 2.75) is 39.4 Å². The number of thiophene rings is 1. The third-order valence-electron chi connectivity index (χ3n) is 6.13. The normalized spacial score (nSPS) is 10.8. The summed E-state index contributed by atoms with van der Waals surface area (Å²) in [5, 5.41) is 15.2. The number of anilines is 1. The molecule has 2 amide bonds. The average Bonchev–Trinajstić information content (AvgIpc) is 3.55. The number of carbonyl (C=O) groups excluding carboxylic acids is 4. The Balaban J connectivity index is 1.54. The first-order chi connectivity index (χ1) is 21.1. The Hall–Kier alpha value is -4.20. The van der Waals surface area contributed by atoms with Crippen LogP contribution in [0.1, 0.15) is 61.2 Å². The smallest absolute Gasteiger partial charge is 0.348 e. The number of amides is 2. The van der Waals surface area contributed by atoms with Gasteiger partial charge in [-0.15, -0.1) is 21.5 Å². The van der Waals surface area contributed by atoms with Gasteiger partial charge < -0.3 is 20.1 Å². The molecule has 0 aliphatic rings. The van der Waals surface area contributed by atoms with E-state index in [4.69, 9.17) is 21.1 Å². The molecule has 0 fully saturated rings.